The van der Waals surface area contributed by atoms with E-state index in [9.17, 15) is 19.5 Å². The van der Waals surface area contributed by atoms with E-state index in [1.54, 1.807) is 70.4 Å². The van der Waals surface area contributed by atoms with Crippen LogP contribution >= 0.6 is 11.3 Å². The molecule has 0 unspecified atom stereocenters. The number of amides is 2. The van der Waals surface area contributed by atoms with Gasteiger partial charge in [0.25, 0.3) is 5.91 Å². The molecule has 0 bridgehead atoms. The van der Waals surface area contributed by atoms with Gasteiger partial charge in [-0.1, -0.05) is 57.2 Å². The van der Waals surface area contributed by atoms with E-state index in [-0.39, 0.29) is 23.5 Å². The summed E-state index contributed by atoms with van der Waals surface area (Å²) in [4.78, 5) is 49.6. The summed E-state index contributed by atoms with van der Waals surface area (Å²) in [6.45, 7) is 13.1. The lowest BCUT2D eigenvalue weighted by atomic mass is 9.95. The summed E-state index contributed by atoms with van der Waals surface area (Å²) in [6, 6.07) is 16.4. The predicted molar refractivity (Wildman–Crippen MR) is 176 cm³/mol. The Morgan fingerprint density at radius 2 is 1.42 bits per heavy atom. The fraction of sp³-hybridized carbons (Fsp3) is 0.343. The molecule has 4 aromatic rings. The number of nitrogens with one attached hydrogen (secondary N) is 2. The van der Waals surface area contributed by atoms with Gasteiger partial charge in [0.2, 0.25) is 5.91 Å². The van der Waals surface area contributed by atoms with E-state index in [1.165, 1.54) is 11.3 Å². The number of hydrogen-bond donors (Lipinski definition) is 3. The molecule has 0 spiro atoms. The molecule has 0 radical (unpaired) electrons. The molecule has 2 aromatic heterocycles. The first kappa shape index (κ1) is 33.3. The lowest BCUT2D eigenvalue weighted by molar-refractivity contribution is -0.158. The number of rotatable bonds is 9. The molecule has 0 fully saturated rings. The van der Waals surface area contributed by atoms with Crippen LogP contribution in [-0.2, 0) is 19.7 Å². The minimum Gasteiger partial charge on any atom is -0.508 e. The van der Waals surface area contributed by atoms with Gasteiger partial charge in [0.15, 0.2) is 5.82 Å². The summed E-state index contributed by atoms with van der Waals surface area (Å²) in [5.41, 5.74) is 2.38. The van der Waals surface area contributed by atoms with E-state index in [2.05, 4.69) is 41.4 Å². The number of phenolic OH excluding ortho intramolecular Hbond substituents is 1. The molecule has 2 amide bonds. The van der Waals surface area contributed by atoms with Gasteiger partial charge in [-0.3, -0.25) is 9.59 Å². The third-order valence-electron chi connectivity index (χ3n) is 6.83. The Bertz CT molecular complexity index is 1630. The zero-order valence-electron chi connectivity index (χ0n) is 26.7. The quantitative estimate of drug-likeness (QED) is 0.178. The van der Waals surface area contributed by atoms with Crippen LogP contribution in [0.2, 0.25) is 0 Å². The lowest BCUT2D eigenvalue weighted by Crippen LogP contribution is -2.43. The number of nitrogens with zero attached hydrogens (tertiary/aromatic N) is 2. The largest absolute Gasteiger partial charge is 0.508 e. The topological polar surface area (TPSA) is 131 Å². The fourth-order valence-corrected chi connectivity index (χ4v) is 5.39. The fourth-order valence-electron chi connectivity index (χ4n) is 4.42. The molecule has 0 aliphatic rings. The highest BCUT2D eigenvalue weighted by Gasteiger charge is 2.26. The van der Waals surface area contributed by atoms with Crippen molar-refractivity contribution in [2.45, 2.75) is 78.0 Å². The number of carbonyl (C=O) groups excluding carboxylic acids is 3. The molecule has 0 saturated carbocycles. The molecular formula is C35H40N4O5S. The first-order valence-corrected chi connectivity index (χ1v) is 15.6. The summed E-state index contributed by atoms with van der Waals surface area (Å²) in [7, 11) is 0. The van der Waals surface area contributed by atoms with Gasteiger partial charge in [-0.25, -0.2) is 14.8 Å². The number of hydrogen-bond acceptors (Lipinski definition) is 8. The van der Waals surface area contributed by atoms with Crippen LogP contribution in [-0.4, -0.2) is 44.5 Å². The Morgan fingerprint density at radius 3 is 1.98 bits per heavy atom. The molecule has 2 aromatic carbocycles. The van der Waals surface area contributed by atoms with Gasteiger partial charge in [0.05, 0.1) is 17.3 Å². The summed E-state index contributed by atoms with van der Waals surface area (Å²) in [5, 5.41) is 15.3. The number of esters is 1. The van der Waals surface area contributed by atoms with Crippen molar-refractivity contribution in [3.8, 4) is 28.3 Å². The smallest absolute Gasteiger partial charge is 0.328 e. The molecule has 9 nitrogen and oxygen atoms in total. The van der Waals surface area contributed by atoms with Crippen molar-refractivity contribution in [2.24, 2.45) is 0 Å². The standard InChI is InChI=1S/C35H40N4O5S/c1-21(33(43)44-35(5,6)7)38-30(41)18-27(39-32(42)28-16-17-29(45-28)34(2,3)4)23-8-10-24(11-9-23)31-36-19-25(20-37-31)22-12-14-26(40)15-13-22/h8-17,19-21,27,40H,18H2,1-7H3,(H,38,41)(H,39,42)/t21-,27+/m1/s1. The van der Waals surface area contributed by atoms with Crippen LogP contribution in [0, 0.1) is 0 Å². The van der Waals surface area contributed by atoms with E-state index in [1.807, 2.05) is 30.3 Å². The third kappa shape index (κ3) is 9.21. The van der Waals surface area contributed by atoms with E-state index in [4.69, 9.17) is 4.74 Å². The predicted octanol–water partition coefficient (Wildman–Crippen LogP) is 6.58. The molecule has 4 rings (SSSR count). The van der Waals surface area contributed by atoms with E-state index in [0.717, 1.165) is 21.6 Å². The van der Waals surface area contributed by atoms with Gasteiger partial charge >= 0.3 is 5.97 Å². The first-order chi connectivity index (χ1) is 21.1. The van der Waals surface area contributed by atoms with Crippen molar-refractivity contribution in [2.75, 3.05) is 0 Å². The van der Waals surface area contributed by atoms with Crippen LogP contribution in [0.5, 0.6) is 5.75 Å². The second kappa shape index (κ2) is 13.6. The summed E-state index contributed by atoms with van der Waals surface area (Å²) < 4.78 is 5.39. The van der Waals surface area contributed by atoms with Crippen LogP contribution < -0.4 is 10.6 Å². The van der Waals surface area contributed by atoms with Crippen LogP contribution in [0.25, 0.3) is 22.5 Å². The van der Waals surface area contributed by atoms with E-state index < -0.39 is 29.6 Å². The van der Waals surface area contributed by atoms with Gasteiger partial charge < -0.3 is 20.5 Å². The highest BCUT2D eigenvalue weighted by Crippen LogP contribution is 2.30. The highest BCUT2D eigenvalue weighted by atomic mass is 32.1. The first-order valence-electron chi connectivity index (χ1n) is 14.7. The Kier molecular flexibility index (Phi) is 10.1. The van der Waals surface area contributed by atoms with Gasteiger partial charge in [0, 0.05) is 28.4 Å². The second-order valence-corrected chi connectivity index (χ2v) is 14.0. The third-order valence-corrected chi connectivity index (χ3v) is 8.34. The number of benzene rings is 2. The van der Waals surface area contributed by atoms with E-state index >= 15 is 0 Å². The summed E-state index contributed by atoms with van der Waals surface area (Å²) >= 11 is 1.42. The lowest BCUT2D eigenvalue weighted by Gasteiger charge is -2.24. The zero-order chi connectivity index (χ0) is 32.9. The summed E-state index contributed by atoms with van der Waals surface area (Å²) in [5.74, 6) is -0.526. The normalized spacial score (nSPS) is 13.0. The van der Waals surface area contributed by atoms with Crippen molar-refractivity contribution in [3.63, 3.8) is 0 Å². The maximum atomic E-state index is 13.4. The molecule has 2 heterocycles. The monoisotopic (exact) mass is 628 g/mol. The zero-order valence-corrected chi connectivity index (χ0v) is 27.5. The highest BCUT2D eigenvalue weighted by molar-refractivity contribution is 7.14. The van der Waals surface area contributed by atoms with Crippen LogP contribution in [0.3, 0.4) is 0 Å². The van der Waals surface area contributed by atoms with Crippen molar-refractivity contribution in [1.29, 1.82) is 0 Å². The molecule has 0 aliphatic carbocycles. The maximum absolute atomic E-state index is 13.4. The van der Waals surface area contributed by atoms with Gasteiger partial charge in [-0.2, -0.15) is 0 Å². The second-order valence-electron chi connectivity index (χ2n) is 12.9. The molecule has 0 saturated heterocycles. The van der Waals surface area contributed by atoms with E-state index in [0.29, 0.717) is 16.3 Å². The maximum Gasteiger partial charge on any atom is 0.328 e. The number of aromatic hydroxyl groups is 1. The van der Waals surface area contributed by atoms with Crippen LogP contribution in [0.4, 0.5) is 0 Å². The Balaban J connectivity index is 1.53. The van der Waals surface area contributed by atoms with Crippen molar-refractivity contribution in [1.82, 2.24) is 20.6 Å². The number of ether oxygens (including phenoxy) is 1. The minimum absolute atomic E-state index is 0.0897. The van der Waals surface area contributed by atoms with Crippen molar-refractivity contribution in [3.05, 3.63) is 88.4 Å². The number of phenols is 1. The average Bonchev–Trinajstić information content (AvgIpc) is 3.48. The molecule has 2 atom stereocenters. The number of aromatic nitrogens is 2. The van der Waals surface area contributed by atoms with Gasteiger partial charge in [0.1, 0.15) is 17.4 Å². The number of thiophene rings is 1. The van der Waals surface area contributed by atoms with Crippen LogP contribution in [0.15, 0.2) is 73.1 Å². The number of carbonyl (C=O) groups is 3. The summed E-state index contributed by atoms with van der Waals surface area (Å²) in [6.07, 6.45) is 3.34. The van der Waals surface area contributed by atoms with Crippen molar-refractivity contribution < 1.29 is 24.2 Å². The average molecular weight is 629 g/mol. The van der Waals surface area contributed by atoms with Crippen molar-refractivity contribution >= 4 is 29.1 Å². The SMILES string of the molecule is C[C@@H](NC(=O)C[C@H](NC(=O)c1ccc(C(C)(C)C)s1)c1ccc(-c2ncc(-c3ccc(O)cc3)cn2)cc1)C(=O)OC(C)(C)C. The Labute approximate surface area is 268 Å². The Morgan fingerprint density at radius 1 is 0.822 bits per heavy atom. The molecular weight excluding hydrogens is 588 g/mol. The van der Waals surface area contributed by atoms with Gasteiger partial charge in [-0.15, -0.1) is 11.3 Å². The molecule has 10 heteroatoms. The molecule has 0 aliphatic heterocycles. The molecule has 236 valence electrons. The van der Waals surface area contributed by atoms with Crippen LogP contribution in [0.1, 0.15) is 81.0 Å². The Hall–Kier alpha value is -4.57. The van der Waals surface area contributed by atoms with Gasteiger partial charge in [-0.05, 0) is 68.5 Å². The molecule has 45 heavy (non-hydrogen) atoms. The minimum atomic E-state index is -0.858. The molecule has 3 N–H and O–H groups in total.